The number of nitriles is 1. The third-order valence-electron chi connectivity index (χ3n) is 3.35. The lowest BCUT2D eigenvalue weighted by Gasteiger charge is -2.08. The van der Waals surface area contributed by atoms with Gasteiger partial charge >= 0.3 is 0 Å². The van der Waals surface area contributed by atoms with E-state index >= 15 is 0 Å². The Labute approximate surface area is 128 Å². The highest BCUT2D eigenvalue weighted by Gasteiger charge is 2.19. The number of hydrogen-bond donors (Lipinski definition) is 0. The molecule has 1 aromatic heterocycles. The van der Waals surface area contributed by atoms with Gasteiger partial charge in [0.1, 0.15) is 0 Å². The molecule has 0 spiro atoms. The van der Waals surface area contributed by atoms with Crippen LogP contribution in [0.3, 0.4) is 0 Å². The van der Waals surface area contributed by atoms with Crippen LogP contribution in [0, 0.1) is 11.3 Å². The standard InChI is InChI=1S/C16H13N3O2S/c1-22(20,21)16-18-14-7-2-3-8-15(14)19(16)11-13-6-4-5-12(9-13)10-17/h2-9H,11H2,1H3. The predicted octanol–water partition coefficient (Wildman–Crippen LogP) is 2.36. The first kappa shape index (κ1) is 14.3. The molecule has 0 radical (unpaired) electrons. The second kappa shape index (κ2) is 5.28. The van der Waals surface area contributed by atoms with Gasteiger partial charge in [-0.1, -0.05) is 24.3 Å². The van der Waals surface area contributed by atoms with Crippen molar-refractivity contribution in [3.63, 3.8) is 0 Å². The molecule has 0 atom stereocenters. The second-order valence-electron chi connectivity index (χ2n) is 5.05. The summed E-state index contributed by atoms with van der Waals surface area (Å²) in [6.45, 7) is 0.346. The first-order valence-electron chi connectivity index (χ1n) is 6.63. The summed E-state index contributed by atoms with van der Waals surface area (Å²) in [5, 5.41) is 9.02. The van der Waals surface area contributed by atoms with Crippen LogP contribution in [-0.4, -0.2) is 24.2 Å². The molecule has 2 aromatic carbocycles. The van der Waals surface area contributed by atoms with E-state index in [0.29, 0.717) is 17.6 Å². The maximum Gasteiger partial charge on any atom is 0.228 e. The van der Waals surface area contributed by atoms with Crippen LogP contribution >= 0.6 is 0 Å². The molecule has 0 saturated heterocycles. The van der Waals surface area contributed by atoms with Crippen molar-refractivity contribution in [3.8, 4) is 6.07 Å². The molecule has 0 unspecified atom stereocenters. The number of hydrogen-bond acceptors (Lipinski definition) is 4. The lowest BCUT2D eigenvalue weighted by molar-refractivity contribution is 0.581. The van der Waals surface area contributed by atoms with Gasteiger partial charge in [-0.15, -0.1) is 0 Å². The topological polar surface area (TPSA) is 75.8 Å². The summed E-state index contributed by atoms with van der Waals surface area (Å²) < 4.78 is 25.7. The van der Waals surface area contributed by atoms with E-state index in [1.54, 1.807) is 28.8 Å². The summed E-state index contributed by atoms with van der Waals surface area (Å²) in [7, 11) is -3.44. The van der Waals surface area contributed by atoms with Gasteiger partial charge in [0, 0.05) is 6.26 Å². The zero-order valence-electron chi connectivity index (χ0n) is 11.9. The minimum atomic E-state index is -3.44. The molecule has 0 aliphatic heterocycles. The largest absolute Gasteiger partial charge is 0.310 e. The number of rotatable bonds is 3. The van der Waals surface area contributed by atoms with Crippen molar-refractivity contribution in [1.82, 2.24) is 9.55 Å². The van der Waals surface area contributed by atoms with Crippen LogP contribution in [0.5, 0.6) is 0 Å². The molecule has 6 heteroatoms. The van der Waals surface area contributed by atoms with Gasteiger partial charge in [0.25, 0.3) is 0 Å². The van der Waals surface area contributed by atoms with Crippen LogP contribution in [0.2, 0.25) is 0 Å². The third-order valence-corrected chi connectivity index (χ3v) is 4.32. The number of nitrogens with zero attached hydrogens (tertiary/aromatic N) is 3. The van der Waals surface area contributed by atoms with Crippen molar-refractivity contribution in [3.05, 3.63) is 59.7 Å². The smallest absolute Gasteiger partial charge is 0.228 e. The SMILES string of the molecule is CS(=O)(=O)c1nc2ccccc2n1Cc1cccc(C#N)c1. The van der Waals surface area contributed by atoms with Gasteiger partial charge in [0.2, 0.25) is 15.0 Å². The summed E-state index contributed by atoms with van der Waals surface area (Å²) >= 11 is 0. The van der Waals surface area contributed by atoms with E-state index in [4.69, 9.17) is 5.26 Å². The highest BCUT2D eigenvalue weighted by molar-refractivity contribution is 7.90. The Bertz CT molecular complexity index is 998. The third kappa shape index (κ3) is 2.59. The first-order chi connectivity index (χ1) is 10.5. The predicted molar refractivity (Wildman–Crippen MR) is 83.1 cm³/mol. The summed E-state index contributed by atoms with van der Waals surface area (Å²) in [6, 6.07) is 16.5. The van der Waals surface area contributed by atoms with Crippen molar-refractivity contribution < 1.29 is 8.42 Å². The zero-order chi connectivity index (χ0) is 15.7. The minimum Gasteiger partial charge on any atom is -0.310 e. The zero-order valence-corrected chi connectivity index (χ0v) is 12.7. The van der Waals surface area contributed by atoms with Gasteiger partial charge in [0.15, 0.2) is 0 Å². The molecular weight excluding hydrogens is 298 g/mol. The minimum absolute atomic E-state index is 0.0380. The highest BCUT2D eigenvalue weighted by atomic mass is 32.2. The van der Waals surface area contributed by atoms with Gasteiger partial charge in [-0.3, -0.25) is 0 Å². The molecular formula is C16H13N3O2S. The van der Waals surface area contributed by atoms with Gasteiger partial charge in [-0.2, -0.15) is 5.26 Å². The van der Waals surface area contributed by atoms with Crippen LogP contribution in [0.4, 0.5) is 0 Å². The number of sulfone groups is 1. The molecule has 5 nitrogen and oxygen atoms in total. The molecule has 0 saturated carbocycles. The Morgan fingerprint density at radius 1 is 1.18 bits per heavy atom. The highest BCUT2D eigenvalue weighted by Crippen LogP contribution is 2.21. The summed E-state index contributed by atoms with van der Waals surface area (Å²) in [5.74, 6) is 0. The number of benzene rings is 2. The van der Waals surface area contributed by atoms with E-state index in [0.717, 1.165) is 17.3 Å². The van der Waals surface area contributed by atoms with E-state index in [2.05, 4.69) is 11.1 Å². The molecule has 0 aliphatic rings. The Kier molecular flexibility index (Phi) is 3.43. The molecule has 0 amide bonds. The Morgan fingerprint density at radius 2 is 1.95 bits per heavy atom. The average Bonchev–Trinajstić information content (AvgIpc) is 2.87. The van der Waals surface area contributed by atoms with Crippen molar-refractivity contribution in [1.29, 1.82) is 5.26 Å². The first-order valence-corrected chi connectivity index (χ1v) is 8.52. The van der Waals surface area contributed by atoms with Crippen molar-refractivity contribution in [2.45, 2.75) is 11.7 Å². The number of fused-ring (bicyclic) bond motifs is 1. The van der Waals surface area contributed by atoms with Gasteiger partial charge < -0.3 is 4.57 Å². The summed E-state index contributed by atoms with van der Waals surface area (Å²) in [6.07, 6.45) is 1.15. The normalized spacial score (nSPS) is 11.5. The quantitative estimate of drug-likeness (QED) is 0.744. The summed E-state index contributed by atoms with van der Waals surface area (Å²) in [5.41, 5.74) is 2.79. The molecule has 0 aliphatic carbocycles. The monoisotopic (exact) mass is 311 g/mol. The fraction of sp³-hybridized carbons (Fsp3) is 0.125. The van der Waals surface area contributed by atoms with Gasteiger partial charge in [-0.25, -0.2) is 13.4 Å². The molecule has 0 N–H and O–H groups in total. The summed E-state index contributed by atoms with van der Waals surface area (Å²) in [4.78, 5) is 4.23. The molecule has 0 fully saturated rings. The Morgan fingerprint density at radius 3 is 2.68 bits per heavy atom. The Hall–Kier alpha value is -2.65. The van der Waals surface area contributed by atoms with Crippen LogP contribution in [0.1, 0.15) is 11.1 Å². The van der Waals surface area contributed by atoms with Crippen LogP contribution in [0.25, 0.3) is 11.0 Å². The average molecular weight is 311 g/mol. The van der Waals surface area contributed by atoms with Gasteiger partial charge in [0.05, 0.1) is 29.2 Å². The lowest BCUT2D eigenvalue weighted by atomic mass is 10.1. The second-order valence-corrected chi connectivity index (χ2v) is 6.96. The number of para-hydroxylation sites is 2. The van der Waals surface area contributed by atoms with Crippen LogP contribution < -0.4 is 0 Å². The fourth-order valence-electron chi connectivity index (χ4n) is 2.41. The molecule has 22 heavy (non-hydrogen) atoms. The number of imidazole rings is 1. The number of aromatic nitrogens is 2. The molecule has 110 valence electrons. The van der Waals surface area contributed by atoms with Crippen LogP contribution in [-0.2, 0) is 16.4 Å². The maximum absolute atomic E-state index is 12.0. The molecule has 3 rings (SSSR count). The van der Waals surface area contributed by atoms with E-state index in [1.807, 2.05) is 24.3 Å². The van der Waals surface area contributed by atoms with Crippen LogP contribution in [0.15, 0.2) is 53.7 Å². The fourth-order valence-corrected chi connectivity index (χ4v) is 3.24. The molecule has 3 aromatic rings. The van der Waals surface area contributed by atoms with E-state index in [-0.39, 0.29) is 5.16 Å². The molecule has 1 heterocycles. The van der Waals surface area contributed by atoms with Crippen molar-refractivity contribution in [2.75, 3.05) is 6.26 Å². The Balaban J connectivity index is 2.19. The van der Waals surface area contributed by atoms with E-state index in [1.165, 1.54) is 0 Å². The van der Waals surface area contributed by atoms with Gasteiger partial charge in [-0.05, 0) is 29.8 Å². The lowest BCUT2D eigenvalue weighted by Crippen LogP contribution is -2.10. The molecule has 0 bridgehead atoms. The van der Waals surface area contributed by atoms with E-state index < -0.39 is 9.84 Å². The van der Waals surface area contributed by atoms with Crippen molar-refractivity contribution >= 4 is 20.9 Å². The van der Waals surface area contributed by atoms with Crippen molar-refractivity contribution in [2.24, 2.45) is 0 Å². The maximum atomic E-state index is 12.0. The van der Waals surface area contributed by atoms with E-state index in [9.17, 15) is 8.42 Å².